The lowest BCUT2D eigenvalue weighted by Gasteiger charge is -2.29. The fraction of sp³-hybridized carbons (Fsp3) is 0.389. The molecule has 2 aliphatic heterocycles. The van der Waals surface area contributed by atoms with Crippen LogP contribution in [-0.4, -0.2) is 64.8 Å². The number of carbonyl (C=O) groups excluding carboxylic acids is 4. The average molecular weight is 660 g/mol. The van der Waals surface area contributed by atoms with Crippen molar-refractivity contribution in [2.75, 3.05) is 19.3 Å². The highest BCUT2D eigenvalue weighted by Gasteiger charge is 2.39. The van der Waals surface area contributed by atoms with E-state index in [1.807, 2.05) is 60.7 Å². The van der Waals surface area contributed by atoms with Crippen molar-refractivity contribution in [2.24, 2.45) is 0 Å². The van der Waals surface area contributed by atoms with E-state index in [4.69, 9.17) is 9.26 Å². The van der Waals surface area contributed by atoms with Crippen LogP contribution in [0.1, 0.15) is 77.3 Å². The SMILES string of the molecule is C[C@H](NP(=O)(CCCCCCN1C(=O)c2ccccc2C1=O)OCc1ccccc1)C(=O)N1CCC[C@H]1C(=O)OCc1ccccc1. The molecule has 1 N–H and O–H groups in total. The lowest BCUT2D eigenvalue weighted by atomic mass is 10.1. The van der Waals surface area contributed by atoms with Crippen LogP contribution in [0.4, 0.5) is 0 Å². The van der Waals surface area contributed by atoms with E-state index in [0.29, 0.717) is 56.3 Å². The van der Waals surface area contributed by atoms with E-state index in [1.165, 1.54) is 9.80 Å². The highest BCUT2D eigenvalue weighted by atomic mass is 31.2. The van der Waals surface area contributed by atoms with E-state index in [1.54, 1.807) is 31.2 Å². The minimum atomic E-state index is -3.49. The summed E-state index contributed by atoms with van der Waals surface area (Å²) < 4.78 is 25.7. The first kappa shape index (κ1) is 34.2. The van der Waals surface area contributed by atoms with Crippen molar-refractivity contribution in [3.8, 4) is 0 Å². The van der Waals surface area contributed by atoms with Gasteiger partial charge in [0, 0.05) is 19.3 Å². The fourth-order valence-corrected chi connectivity index (χ4v) is 8.04. The average Bonchev–Trinajstić information content (AvgIpc) is 3.68. The van der Waals surface area contributed by atoms with E-state index >= 15 is 0 Å². The molecule has 2 aliphatic rings. The third-order valence-electron chi connectivity index (χ3n) is 8.54. The number of nitrogens with one attached hydrogen (secondary N) is 1. The summed E-state index contributed by atoms with van der Waals surface area (Å²) >= 11 is 0. The molecular formula is C36H42N3O7P. The lowest BCUT2D eigenvalue weighted by molar-refractivity contribution is -0.154. The van der Waals surface area contributed by atoms with Crippen molar-refractivity contribution in [1.29, 1.82) is 0 Å². The number of hydrogen-bond donors (Lipinski definition) is 1. The van der Waals surface area contributed by atoms with E-state index in [0.717, 1.165) is 17.5 Å². The van der Waals surface area contributed by atoms with Gasteiger partial charge in [0.25, 0.3) is 19.3 Å². The summed E-state index contributed by atoms with van der Waals surface area (Å²) in [6.45, 7) is 2.63. The normalized spacial score (nSPS) is 17.8. The number of rotatable bonds is 16. The standard InChI is InChI=1S/C36H42N3O7P/c1-27(33(40)38-23-14-21-32(38)36(43)45-25-28-15-6-4-7-16-28)37-47(44,46-26-29-17-8-5-9-18-29)24-13-3-2-12-22-39-34(41)30-19-10-11-20-31(30)35(39)42/h4-11,15-20,27,32H,2-3,12-14,21-26H2,1H3,(H,37,44)/t27-,32-,47?/m0/s1. The van der Waals surface area contributed by atoms with Crippen LogP contribution >= 0.6 is 7.52 Å². The van der Waals surface area contributed by atoms with Gasteiger partial charge in [-0.2, -0.15) is 0 Å². The van der Waals surface area contributed by atoms with Crippen LogP contribution < -0.4 is 5.09 Å². The predicted octanol–water partition coefficient (Wildman–Crippen LogP) is 5.97. The zero-order chi connectivity index (χ0) is 33.2. The molecular weight excluding hydrogens is 617 g/mol. The number of hydrogen-bond acceptors (Lipinski definition) is 7. The number of carbonyl (C=O) groups is 4. The molecule has 3 atom stereocenters. The van der Waals surface area contributed by atoms with Gasteiger partial charge in [-0.05, 0) is 55.9 Å². The maximum atomic E-state index is 14.2. The molecule has 2 heterocycles. The lowest BCUT2D eigenvalue weighted by Crippen LogP contribution is -2.49. The number of imide groups is 1. The van der Waals surface area contributed by atoms with Gasteiger partial charge in [-0.15, -0.1) is 0 Å². The van der Waals surface area contributed by atoms with Crippen molar-refractivity contribution >= 4 is 31.2 Å². The molecule has 1 saturated heterocycles. The van der Waals surface area contributed by atoms with Crippen molar-refractivity contribution in [2.45, 2.75) is 70.7 Å². The van der Waals surface area contributed by atoms with E-state index in [9.17, 15) is 23.7 Å². The van der Waals surface area contributed by atoms with Gasteiger partial charge < -0.3 is 14.2 Å². The Bertz CT molecular complexity index is 1570. The quantitative estimate of drug-likeness (QED) is 0.0865. The molecule has 1 fully saturated rings. The smallest absolute Gasteiger partial charge is 0.329 e. The molecule has 3 amide bonds. The number of benzene rings is 3. The Morgan fingerprint density at radius 2 is 1.40 bits per heavy atom. The number of esters is 1. The molecule has 1 unspecified atom stereocenters. The van der Waals surface area contributed by atoms with E-state index in [2.05, 4.69) is 5.09 Å². The van der Waals surface area contributed by atoms with Gasteiger partial charge in [-0.3, -0.25) is 23.8 Å². The Morgan fingerprint density at radius 3 is 2.04 bits per heavy atom. The predicted molar refractivity (Wildman–Crippen MR) is 178 cm³/mol. The molecule has 5 rings (SSSR count). The molecule has 0 spiro atoms. The van der Waals surface area contributed by atoms with Gasteiger partial charge in [-0.25, -0.2) is 9.88 Å². The molecule has 0 aliphatic carbocycles. The molecule has 0 saturated carbocycles. The first-order chi connectivity index (χ1) is 22.8. The highest BCUT2D eigenvalue weighted by molar-refractivity contribution is 7.56. The second-order valence-corrected chi connectivity index (χ2v) is 14.3. The van der Waals surface area contributed by atoms with Crippen LogP contribution in [0.25, 0.3) is 0 Å². The van der Waals surface area contributed by atoms with Gasteiger partial charge >= 0.3 is 5.97 Å². The second-order valence-electron chi connectivity index (χ2n) is 12.0. The Kier molecular flexibility index (Phi) is 11.7. The summed E-state index contributed by atoms with van der Waals surface area (Å²) in [5, 5.41) is 3.01. The largest absolute Gasteiger partial charge is 0.459 e. The molecule has 10 nitrogen and oxygen atoms in total. The van der Waals surface area contributed by atoms with Gasteiger partial charge in [0.1, 0.15) is 12.6 Å². The maximum absolute atomic E-state index is 14.2. The number of amides is 3. The third-order valence-corrected chi connectivity index (χ3v) is 10.8. The van der Waals surface area contributed by atoms with Crippen LogP contribution in [0.5, 0.6) is 0 Å². The van der Waals surface area contributed by atoms with Crippen molar-refractivity contribution in [1.82, 2.24) is 14.9 Å². The third kappa shape index (κ3) is 8.83. The summed E-state index contributed by atoms with van der Waals surface area (Å²) in [6, 6.07) is 24.1. The van der Waals surface area contributed by atoms with Gasteiger partial charge in [0.2, 0.25) is 5.91 Å². The highest BCUT2D eigenvalue weighted by Crippen LogP contribution is 2.45. The fourth-order valence-electron chi connectivity index (χ4n) is 6.00. The molecule has 3 aromatic carbocycles. The number of likely N-dealkylation sites (tertiary alicyclic amines) is 1. The number of ether oxygens (including phenoxy) is 1. The zero-order valence-corrected chi connectivity index (χ0v) is 27.6. The zero-order valence-electron chi connectivity index (χ0n) is 26.7. The Labute approximate surface area is 275 Å². The van der Waals surface area contributed by atoms with Crippen LogP contribution in [-0.2, 0) is 36.6 Å². The topological polar surface area (TPSA) is 122 Å². The number of unbranched alkanes of at least 4 members (excludes halogenated alkanes) is 3. The Hall–Kier alpha value is -4.11. The van der Waals surface area contributed by atoms with Gasteiger partial charge in [-0.1, -0.05) is 85.6 Å². The minimum Gasteiger partial charge on any atom is -0.459 e. The summed E-state index contributed by atoms with van der Waals surface area (Å²) in [5.41, 5.74) is 2.60. The monoisotopic (exact) mass is 659 g/mol. The molecule has 248 valence electrons. The summed E-state index contributed by atoms with van der Waals surface area (Å²) in [6.07, 6.45) is 3.99. The van der Waals surface area contributed by atoms with Crippen LogP contribution in [0.2, 0.25) is 0 Å². The Morgan fingerprint density at radius 1 is 0.830 bits per heavy atom. The number of nitrogens with zero attached hydrogens (tertiary/aromatic N) is 2. The maximum Gasteiger partial charge on any atom is 0.329 e. The van der Waals surface area contributed by atoms with Crippen LogP contribution in [0.3, 0.4) is 0 Å². The molecule has 0 bridgehead atoms. The van der Waals surface area contributed by atoms with Gasteiger partial charge in [0.05, 0.1) is 23.8 Å². The van der Waals surface area contributed by atoms with Crippen LogP contribution in [0.15, 0.2) is 84.9 Å². The number of fused-ring (bicyclic) bond motifs is 1. The van der Waals surface area contributed by atoms with Gasteiger partial charge in [0.15, 0.2) is 0 Å². The Balaban J connectivity index is 1.13. The molecule has 11 heteroatoms. The van der Waals surface area contributed by atoms with Crippen LogP contribution in [0, 0.1) is 0 Å². The van der Waals surface area contributed by atoms with E-state index < -0.39 is 25.6 Å². The first-order valence-corrected chi connectivity index (χ1v) is 18.1. The molecule has 47 heavy (non-hydrogen) atoms. The van der Waals surface area contributed by atoms with E-state index in [-0.39, 0.29) is 37.1 Å². The summed E-state index contributed by atoms with van der Waals surface area (Å²) in [4.78, 5) is 54.6. The van der Waals surface area contributed by atoms with Crippen molar-refractivity contribution < 1.29 is 33.0 Å². The molecule has 3 aromatic rings. The minimum absolute atomic E-state index is 0.115. The first-order valence-electron chi connectivity index (χ1n) is 16.3. The molecule has 0 aromatic heterocycles. The van der Waals surface area contributed by atoms with Crippen molar-refractivity contribution in [3.63, 3.8) is 0 Å². The summed E-state index contributed by atoms with van der Waals surface area (Å²) in [5.74, 6) is -1.31. The molecule has 0 radical (unpaired) electrons. The summed E-state index contributed by atoms with van der Waals surface area (Å²) in [7, 11) is -3.49. The van der Waals surface area contributed by atoms with Crippen molar-refractivity contribution in [3.05, 3.63) is 107 Å². The second kappa shape index (κ2) is 16.1.